The van der Waals surface area contributed by atoms with Crippen molar-refractivity contribution in [2.75, 3.05) is 13.7 Å². The lowest BCUT2D eigenvalue weighted by molar-refractivity contribution is -0.138. The van der Waals surface area contributed by atoms with Gasteiger partial charge in [0.25, 0.3) is 5.91 Å². The zero-order valence-corrected chi connectivity index (χ0v) is 15.9. The minimum atomic E-state index is -0.909. The Labute approximate surface area is 167 Å². The lowest BCUT2D eigenvalue weighted by atomic mass is 10.1. The van der Waals surface area contributed by atoms with E-state index >= 15 is 0 Å². The normalized spacial score (nSPS) is 11.1. The van der Waals surface area contributed by atoms with E-state index in [0.717, 1.165) is 6.07 Å². The Bertz CT molecular complexity index is 978. The van der Waals surface area contributed by atoms with Crippen molar-refractivity contribution in [3.63, 3.8) is 0 Å². The van der Waals surface area contributed by atoms with Crippen LogP contribution in [0.15, 0.2) is 48.0 Å². The highest BCUT2D eigenvalue weighted by Gasteiger charge is 2.18. The Balaban J connectivity index is 2.12. The van der Waals surface area contributed by atoms with E-state index in [1.54, 1.807) is 25.1 Å². The van der Waals surface area contributed by atoms with Gasteiger partial charge >= 0.3 is 5.97 Å². The van der Waals surface area contributed by atoms with Gasteiger partial charge in [0.05, 0.1) is 19.3 Å². The maximum absolute atomic E-state index is 13.4. The monoisotopic (exact) mass is 398 g/mol. The van der Waals surface area contributed by atoms with E-state index in [4.69, 9.17) is 14.7 Å². The van der Waals surface area contributed by atoms with Gasteiger partial charge in [-0.05, 0) is 30.7 Å². The summed E-state index contributed by atoms with van der Waals surface area (Å²) in [7, 11) is 1.38. The van der Waals surface area contributed by atoms with Gasteiger partial charge in [-0.1, -0.05) is 24.3 Å². The Morgan fingerprint density at radius 1 is 1.21 bits per heavy atom. The summed E-state index contributed by atoms with van der Waals surface area (Å²) in [5.41, 5.74) is 0.500. The van der Waals surface area contributed by atoms with Crippen LogP contribution < -0.4 is 10.1 Å². The van der Waals surface area contributed by atoms with Crippen LogP contribution in [0, 0.1) is 17.1 Å². The third-order valence-corrected chi connectivity index (χ3v) is 3.91. The molecule has 0 aliphatic carbocycles. The number of halogens is 1. The molecule has 0 aliphatic heterocycles. The van der Waals surface area contributed by atoms with Gasteiger partial charge in [0.1, 0.15) is 23.4 Å². The molecule has 7 nitrogen and oxygen atoms in total. The molecule has 0 bridgehead atoms. The van der Waals surface area contributed by atoms with Gasteiger partial charge in [-0.3, -0.25) is 4.79 Å². The number of carbonyl (C=O) groups is 2. The maximum Gasteiger partial charge on any atom is 0.352 e. The van der Waals surface area contributed by atoms with Crippen molar-refractivity contribution in [2.24, 2.45) is 0 Å². The minimum Gasteiger partial charge on any atom is -0.506 e. The van der Waals surface area contributed by atoms with Crippen LogP contribution >= 0.6 is 0 Å². The molecule has 29 heavy (non-hydrogen) atoms. The van der Waals surface area contributed by atoms with Crippen molar-refractivity contribution in [1.82, 2.24) is 5.32 Å². The molecule has 2 N–H and O–H groups in total. The van der Waals surface area contributed by atoms with Crippen molar-refractivity contribution in [2.45, 2.75) is 13.5 Å². The van der Waals surface area contributed by atoms with Gasteiger partial charge in [0, 0.05) is 12.1 Å². The molecule has 2 aromatic carbocycles. The predicted octanol–water partition coefficient (Wildman–Crippen LogP) is 3.12. The number of esters is 1. The lowest BCUT2D eigenvalue weighted by Crippen LogP contribution is -2.23. The zero-order chi connectivity index (χ0) is 21.4. The molecule has 0 aromatic heterocycles. The number of rotatable bonds is 7. The number of aliphatic hydroxyl groups excluding tert-OH is 1. The second kappa shape index (κ2) is 9.90. The Morgan fingerprint density at radius 3 is 2.48 bits per heavy atom. The number of benzene rings is 2. The molecule has 0 saturated carbocycles. The van der Waals surface area contributed by atoms with E-state index in [1.807, 2.05) is 0 Å². The summed E-state index contributed by atoms with van der Waals surface area (Å²) in [4.78, 5) is 24.0. The Morgan fingerprint density at radius 2 is 1.90 bits per heavy atom. The summed E-state index contributed by atoms with van der Waals surface area (Å²) in [6, 6.07) is 11.5. The minimum absolute atomic E-state index is 0.0674. The van der Waals surface area contributed by atoms with Crippen molar-refractivity contribution in [3.05, 3.63) is 70.5 Å². The number of amides is 1. The fourth-order valence-corrected chi connectivity index (χ4v) is 2.46. The van der Waals surface area contributed by atoms with Crippen molar-refractivity contribution in [1.29, 1.82) is 5.26 Å². The first-order valence-electron chi connectivity index (χ1n) is 8.62. The van der Waals surface area contributed by atoms with Gasteiger partial charge in [-0.2, -0.15) is 5.26 Å². The predicted molar refractivity (Wildman–Crippen MR) is 102 cm³/mol. The summed E-state index contributed by atoms with van der Waals surface area (Å²) in [5.74, 6) is -2.23. The number of hydrogen-bond donors (Lipinski definition) is 2. The maximum atomic E-state index is 13.4. The standard InChI is InChI=1S/C21H19FN2O5/c1-3-29-21(27)17(11-23)19(25)14-6-4-13(5-7-14)12-24-20(26)16-10-15(22)8-9-18(16)28-2/h4-10,25H,3,12H2,1-2H3,(H,24,26). The van der Waals surface area contributed by atoms with E-state index in [-0.39, 0.29) is 30.0 Å². The molecule has 2 rings (SSSR count). The molecular weight excluding hydrogens is 379 g/mol. The van der Waals surface area contributed by atoms with E-state index < -0.39 is 29.0 Å². The van der Waals surface area contributed by atoms with Gasteiger partial charge in [0.2, 0.25) is 0 Å². The summed E-state index contributed by atoms with van der Waals surface area (Å²) in [6.07, 6.45) is 0. The van der Waals surface area contributed by atoms with E-state index in [1.165, 1.54) is 31.4 Å². The van der Waals surface area contributed by atoms with Crippen molar-refractivity contribution >= 4 is 17.6 Å². The van der Waals surface area contributed by atoms with Crippen LogP contribution in [0.5, 0.6) is 5.75 Å². The second-order valence-corrected chi connectivity index (χ2v) is 5.78. The molecule has 1 amide bonds. The summed E-state index contributed by atoms with van der Waals surface area (Å²) < 4.78 is 23.2. The second-order valence-electron chi connectivity index (χ2n) is 5.78. The lowest BCUT2D eigenvalue weighted by Gasteiger charge is -2.10. The molecule has 0 aliphatic rings. The van der Waals surface area contributed by atoms with E-state index in [0.29, 0.717) is 5.56 Å². The molecule has 0 spiro atoms. The van der Waals surface area contributed by atoms with Gasteiger partial charge in [-0.25, -0.2) is 9.18 Å². The van der Waals surface area contributed by atoms with Crippen LogP contribution in [0.25, 0.3) is 5.76 Å². The van der Waals surface area contributed by atoms with Crippen LogP contribution in [0.2, 0.25) is 0 Å². The number of aliphatic hydroxyl groups is 1. The smallest absolute Gasteiger partial charge is 0.352 e. The molecule has 0 saturated heterocycles. The highest BCUT2D eigenvalue weighted by Crippen LogP contribution is 2.20. The fraction of sp³-hybridized carbons (Fsp3) is 0.190. The molecule has 150 valence electrons. The molecular formula is C21H19FN2O5. The average Bonchev–Trinajstić information content (AvgIpc) is 2.73. The first kappa shape index (κ1) is 21.4. The molecule has 2 aromatic rings. The first-order valence-corrected chi connectivity index (χ1v) is 8.62. The average molecular weight is 398 g/mol. The number of carbonyl (C=O) groups excluding carboxylic acids is 2. The van der Waals surface area contributed by atoms with Crippen molar-refractivity contribution in [3.8, 4) is 11.8 Å². The quantitative estimate of drug-likeness (QED) is 0.321. The van der Waals surface area contributed by atoms with Gasteiger partial charge in [0.15, 0.2) is 5.57 Å². The summed E-state index contributed by atoms with van der Waals surface area (Å²) in [5, 5.41) is 21.9. The highest BCUT2D eigenvalue weighted by molar-refractivity contribution is 6.00. The molecule has 0 atom stereocenters. The summed E-state index contributed by atoms with van der Waals surface area (Å²) >= 11 is 0. The number of nitrogens with zero attached hydrogens (tertiary/aromatic N) is 1. The van der Waals surface area contributed by atoms with Gasteiger partial charge in [-0.15, -0.1) is 0 Å². The number of methoxy groups -OCH3 is 1. The van der Waals surface area contributed by atoms with Gasteiger partial charge < -0.3 is 19.9 Å². The zero-order valence-electron chi connectivity index (χ0n) is 15.9. The number of hydrogen-bond acceptors (Lipinski definition) is 6. The third-order valence-electron chi connectivity index (χ3n) is 3.91. The van der Waals surface area contributed by atoms with E-state index in [9.17, 15) is 19.1 Å². The van der Waals surface area contributed by atoms with E-state index in [2.05, 4.69) is 5.32 Å². The Hall–Kier alpha value is -3.86. The highest BCUT2D eigenvalue weighted by atomic mass is 19.1. The summed E-state index contributed by atoms with van der Waals surface area (Å²) in [6.45, 7) is 1.80. The topological polar surface area (TPSA) is 109 Å². The number of ether oxygens (including phenoxy) is 2. The molecule has 0 heterocycles. The first-order chi connectivity index (χ1) is 13.9. The van der Waals surface area contributed by atoms with Crippen LogP contribution in [-0.4, -0.2) is 30.7 Å². The van der Waals surface area contributed by atoms with Crippen LogP contribution in [0.1, 0.15) is 28.4 Å². The number of nitriles is 1. The third kappa shape index (κ3) is 5.32. The van der Waals surface area contributed by atoms with Crippen LogP contribution in [0.3, 0.4) is 0 Å². The molecule has 0 unspecified atom stereocenters. The largest absolute Gasteiger partial charge is 0.506 e. The van der Waals surface area contributed by atoms with Crippen molar-refractivity contribution < 1.29 is 28.6 Å². The molecule has 0 fully saturated rings. The fourth-order valence-electron chi connectivity index (χ4n) is 2.46. The van der Waals surface area contributed by atoms with Crippen LogP contribution in [0.4, 0.5) is 4.39 Å². The SMILES string of the molecule is CCOC(=O)C(C#N)=C(O)c1ccc(CNC(=O)c2cc(F)ccc2OC)cc1. The van der Waals surface area contributed by atoms with Crippen LogP contribution in [-0.2, 0) is 16.1 Å². The molecule has 8 heteroatoms. The Kier molecular flexibility index (Phi) is 7.32. The number of nitrogens with one attached hydrogen (secondary N) is 1. The molecule has 0 radical (unpaired) electrons.